The highest BCUT2D eigenvalue weighted by Gasteiger charge is 2.12. The molecule has 2 aromatic carbocycles. The van der Waals surface area contributed by atoms with E-state index in [0.29, 0.717) is 0 Å². The van der Waals surface area contributed by atoms with Crippen LogP contribution < -0.4 is 0 Å². The quantitative estimate of drug-likeness (QED) is 0.712. The molecule has 0 amide bonds. The van der Waals surface area contributed by atoms with Gasteiger partial charge in [0.2, 0.25) is 0 Å². The molecule has 0 fully saturated rings. The van der Waals surface area contributed by atoms with Gasteiger partial charge in [0, 0.05) is 11.1 Å². The third-order valence-electron chi connectivity index (χ3n) is 3.53. The summed E-state index contributed by atoms with van der Waals surface area (Å²) in [7, 11) is 0. The molecule has 0 aliphatic heterocycles. The van der Waals surface area contributed by atoms with Gasteiger partial charge < -0.3 is 0 Å². The third-order valence-corrected chi connectivity index (χ3v) is 3.53. The van der Waals surface area contributed by atoms with Gasteiger partial charge in [-0.1, -0.05) is 61.9 Å². The van der Waals surface area contributed by atoms with Crippen molar-refractivity contribution in [2.45, 2.75) is 33.1 Å². The molecule has 19 heavy (non-hydrogen) atoms. The highest BCUT2D eigenvalue weighted by Crippen LogP contribution is 2.19. The minimum atomic E-state index is 0.122. The lowest BCUT2D eigenvalue weighted by molar-refractivity contribution is 0.103. The Morgan fingerprint density at radius 2 is 1.74 bits per heavy atom. The zero-order valence-corrected chi connectivity index (χ0v) is 11.6. The van der Waals surface area contributed by atoms with E-state index in [4.69, 9.17) is 0 Å². The lowest BCUT2D eigenvalue weighted by Crippen LogP contribution is -2.05. The number of ketones is 1. The summed E-state index contributed by atoms with van der Waals surface area (Å²) in [4.78, 5) is 12.5. The lowest BCUT2D eigenvalue weighted by atomic mass is 9.93. The first kappa shape index (κ1) is 13.5. The summed E-state index contributed by atoms with van der Waals surface area (Å²) in [5.74, 6) is 0.122. The van der Waals surface area contributed by atoms with Gasteiger partial charge in [-0.25, -0.2) is 0 Å². The predicted molar refractivity (Wildman–Crippen MR) is 79.7 cm³/mol. The molecule has 0 aromatic heterocycles. The Hall–Kier alpha value is -1.89. The molecule has 0 heterocycles. The summed E-state index contributed by atoms with van der Waals surface area (Å²) in [6.45, 7) is 4.25. The molecule has 1 heteroatoms. The number of hydrogen-bond donors (Lipinski definition) is 0. The standard InChI is InChI=1S/C18H20O/c1-3-4-9-15-12-8-13-17(14(15)2)18(19)16-10-6-5-7-11-16/h5-8,10-13H,3-4,9H2,1-2H3. The minimum absolute atomic E-state index is 0.122. The first-order chi connectivity index (χ1) is 9.24. The maximum absolute atomic E-state index is 12.5. The number of aryl methyl sites for hydroxylation is 1. The zero-order valence-electron chi connectivity index (χ0n) is 11.6. The van der Waals surface area contributed by atoms with Crippen molar-refractivity contribution < 1.29 is 4.79 Å². The fraction of sp³-hybridized carbons (Fsp3) is 0.278. The van der Waals surface area contributed by atoms with Crippen molar-refractivity contribution in [3.05, 3.63) is 70.8 Å². The Bertz CT molecular complexity index is 555. The van der Waals surface area contributed by atoms with E-state index in [1.165, 1.54) is 18.4 Å². The van der Waals surface area contributed by atoms with Crippen LogP contribution in [-0.4, -0.2) is 5.78 Å². The van der Waals surface area contributed by atoms with Gasteiger partial charge in [-0.05, 0) is 30.9 Å². The number of unbranched alkanes of at least 4 members (excludes halogenated alkanes) is 1. The van der Waals surface area contributed by atoms with Crippen LogP contribution in [0.4, 0.5) is 0 Å². The Labute approximate surface area is 115 Å². The molecule has 0 radical (unpaired) electrons. The van der Waals surface area contributed by atoms with E-state index in [2.05, 4.69) is 19.9 Å². The summed E-state index contributed by atoms with van der Waals surface area (Å²) >= 11 is 0. The van der Waals surface area contributed by atoms with E-state index in [9.17, 15) is 4.79 Å². The van der Waals surface area contributed by atoms with Gasteiger partial charge in [-0.3, -0.25) is 4.79 Å². The molecule has 0 spiro atoms. The van der Waals surface area contributed by atoms with E-state index in [-0.39, 0.29) is 5.78 Å². The highest BCUT2D eigenvalue weighted by atomic mass is 16.1. The molecule has 0 N–H and O–H groups in total. The van der Waals surface area contributed by atoms with E-state index < -0.39 is 0 Å². The minimum Gasteiger partial charge on any atom is -0.289 e. The summed E-state index contributed by atoms with van der Waals surface area (Å²) in [6, 6.07) is 15.6. The third kappa shape index (κ3) is 3.11. The van der Waals surface area contributed by atoms with Gasteiger partial charge in [0.1, 0.15) is 0 Å². The molecular formula is C18H20O. The van der Waals surface area contributed by atoms with Crippen molar-refractivity contribution in [2.75, 3.05) is 0 Å². The summed E-state index contributed by atoms with van der Waals surface area (Å²) < 4.78 is 0. The molecule has 0 aliphatic carbocycles. The number of carbonyl (C=O) groups is 1. The van der Waals surface area contributed by atoms with E-state index in [0.717, 1.165) is 23.1 Å². The van der Waals surface area contributed by atoms with E-state index >= 15 is 0 Å². The summed E-state index contributed by atoms with van der Waals surface area (Å²) in [5, 5.41) is 0. The Kier molecular flexibility index (Phi) is 4.51. The van der Waals surface area contributed by atoms with Crippen LogP contribution >= 0.6 is 0 Å². The molecular weight excluding hydrogens is 232 g/mol. The Balaban J connectivity index is 2.32. The largest absolute Gasteiger partial charge is 0.289 e. The molecule has 2 aromatic rings. The maximum atomic E-state index is 12.5. The smallest absolute Gasteiger partial charge is 0.193 e. The molecule has 0 aliphatic rings. The normalized spacial score (nSPS) is 10.4. The second kappa shape index (κ2) is 6.33. The highest BCUT2D eigenvalue weighted by molar-refractivity contribution is 6.10. The average Bonchev–Trinajstić information content (AvgIpc) is 2.46. The van der Waals surface area contributed by atoms with Crippen LogP contribution in [0.5, 0.6) is 0 Å². The van der Waals surface area contributed by atoms with Gasteiger partial charge in [0.25, 0.3) is 0 Å². The zero-order chi connectivity index (χ0) is 13.7. The fourth-order valence-electron chi connectivity index (χ4n) is 2.31. The Morgan fingerprint density at radius 1 is 1.00 bits per heavy atom. The number of benzene rings is 2. The summed E-state index contributed by atoms with van der Waals surface area (Å²) in [5.41, 5.74) is 4.02. The Morgan fingerprint density at radius 3 is 2.42 bits per heavy atom. The average molecular weight is 252 g/mol. The van der Waals surface area contributed by atoms with Crippen LogP contribution in [-0.2, 0) is 6.42 Å². The van der Waals surface area contributed by atoms with Crippen LogP contribution in [0.1, 0.15) is 46.8 Å². The molecule has 0 atom stereocenters. The van der Waals surface area contributed by atoms with Crippen molar-refractivity contribution in [1.29, 1.82) is 0 Å². The van der Waals surface area contributed by atoms with Crippen molar-refractivity contribution in [2.24, 2.45) is 0 Å². The SMILES string of the molecule is CCCCc1cccc(C(=O)c2ccccc2)c1C. The number of hydrogen-bond acceptors (Lipinski definition) is 1. The van der Waals surface area contributed by atoms with Crippen LogP contribution in [0.3, 0.4) is 0 Å². The van der Waals surface area contributed by atoms with E-state index in [1.807, 2.05) is 42.5 Å². The van der Waals surface area contributed by atoms with Gasteiger partial charge in [-0.2, -0.15) is 0 Å². The fourth-order valence-corrected chi connectivity index (χ4v) is 2.31. The predicted octanol–water partition coefficient (Wildman–Crippen LogP) is 4.57. The van der Waals surface area contributed by atoms with Gasteiger partial charge in [0.05, 0.1) is 0 Å². The second-order valence-corrected chi connectivity index (χ2v) is 4.89. The molecule has 1 nitrogen and oxygen atoms in total. The van der Waals surface area contributed by atoms with Crippen LogP contribution in [0, 0.1) is 6.92 Å². The van der Waals surface area contributed by atoms with Crippen molar-refractivity contribution in [3.63, 3.8) is 0 Å². The maximum Gasteiger partial charge on any atom is 0.193 e. The topological polar surface area (TPSA) is 17.1 Å². The molecule has 0 saturated heterocycles. The van der Waals surface area contributed by atoms with Gasteiger partial charge in [0.15, 0.2) is 5.78 Å². The molecule has 2 rings (SSSR count). The first-order valence-electron chi connectivity index (χ1n) is 6.92. The lowest BCUT2D eigenvalue weighted by Gasteiger charge is -2.10. The van der Waals surface area contributed by atoms with Crippen LogP contribution in [0.25, 0.3) is 0 Å². The molecule has 98 valence electrons. The van der Waals surface area contributed by atoms with Crippen molar-refractivity contribution in [1.82, 2.24) is 0 Å². The first-order valence-corrected chi connectivity index (χ1v) is 6.92. The van der Waals surface area contributed by atoms with Crippen LogP contribution in [0.2, 0.25) is 0 Å². The van der Waals surface area contributed by atoms with Crippen LogP contribution in [0.15, 0.2) is 48.5 Å². The van der Waals surface area contributed by atoms with E-state index in [1.54, 1.807) is 0 Å². The van der Waals surface area contributed by atoms with Crippen molar-refractivity contribution in [3.8, 4) is 0 Å². The number of carbonyl (C=O) groups excluding carboxylic acids is 1. The summed E-state index contributed by atoms with van der Waals surface area (Å²) in [6.07, 6.45) is 3.40. The second-order valence-electron chi connectivity index (χ2n) is 4.89. The molecule has 0 saturated carbocycles. The molecule has 0 bridgehead atoms. The van der Waals surface area contributed by atoms with Gasteiger partial charge in [-0.15, -0.1) is 0 Å². The van der Waals surface area contributed by atoms with Crippen molar-refractivity contribution >= 4 is 5.78 Å². The molecule has 0 unspecified atom stereocenters. The monoisotopic (exact) mass is 252 g/mol. The van der Waals surface area contributed by atoms with Gasteiger partial charge >= 0.3 is 0 Å². The number of rotatable bonds is 5.